The molecule has 90 valence electrons. The number of benzene rings is 1. The molecule has 1 aromatic heterocycles. The molecule has 4 nitrogen and oxygen atoms in total. The van der Waals surface area contributed by atoms with Crippen molar-refractivity contribution >= 4 is 16.9 Å². The largest absolute Gasteiger partial charge is 0.463 e. The topological polar surface area (TPSA) is 55.0 Å². The van der Waals surface area contributed by atoms with Gasteiger partial charge in [-0.3, -0.25) is 9.89 Å². The van der Waals surface area contributed by atoms with Crippen molar-refractivity contribution in [2.45, 2.75) is 33.3 Å². The molecule has 0 aliphatic heterocycles. The standard InChI is InChI=1S/C13H16N2O2/c1-8(2)17-13(16)7-12-10-5-4-9(3)6-11(10)14-15-12/h4-6,8H,7H2,1-3H3,(H,14,15). The highest BCUT2D eigenvalue weighted by Crippen LogP contribution is 2.18. The molecule has 0 bridgehead atoms. The van der Waals surface area contributed by atoms with Crippen molar-refractivity contribution in [2.75, 3.05) is 0 Å². The van der Waals surface area contributed by atoms with Crippen molar-refractivity contribution in [1.29, 1.82) is 0 Å². The first-order valence-corrected chi connectivity index (χ1v) is 5.69. The number of aromatic nitrogens is 2. The van der Waals surface area contributed by atoms with Crippen molar-refractivity contribution in [1.82, 2.24) is 10.2 Å². The summed E-state index contributed by atoms with van der Waals surface area (Å²) in [6.07, 6.45) is 0.150. The summed E-state index contributed by atoms with van der Waals surface area (Å²) in [5.74, 6) is -0.230. The Balaban J connectivity index is 2.22. The number of hydrogen-bond donors (Lipinski definition) is 1. The number of esters is 1. The number of aromatic amines is 1. The molecular formula is C13H16N2O2. The molecule has 0 amide bonds. The zero-order valence-electron chi connectivity index (χ0n) is 10.3. The van der Waals surface area contributed by atoms with Crippen LogP contribution in [-0.2, 0) is 16.0 Å². The van der Waals surface area contributed by atoms with Crippen LogP contribution in [0.1, 0.15) is 25.1 Å². The summed E-state index contributed by atoms with van der Waals surface area (Å²) in [5.41, 5.74) is 2.85. The van der Waals surface area contributed by atoms with Crippen molar-refractivity contribution in [2.24, 2.45) is 0 Å². The minimum Gasteiger partial charge on any atom is -0.463 e. The van der Waals surface area contributed by atoms with Crippen LogP contribution in [0.4, 0.5) is 0 Å². The van der Waals surface area contributed by atoms with E-state index in [0.29, 0.717) is 0 Å². The molecule has 1 aromatic carbocycles. The Bertz CT molecular complexity index is 543. The van der Waals surface area contributed by atoms with Gasteiger partial charge in [0.25, 0.3) is 0 Å². The highest BCUT2D eigenvalue weighted by molar-refractivity contribution is 5.85. The Hall–Kier alpha value is -1.84. The maximum atomic E-state index is 11.6. The second kappa shape index (κ2) is 4.57. The van der Waals surface area contributed by atoms with Crippen molar-refractivity contribution in [3.63, 3.8) is 0 Å². The summed E-state index contributed by atoms with van der Waals surface area (Å²) in [5, 5.41) is 8.06. The molecule has 0 fully saturated rings. The molecule has 1 heterocycles. The van der Waals surface area contributed by atoms with Crippen LogP contribution in [0.15, 0.2) is 18.2 Å². The van der Waals surface area contributed by atoms with Gasteiger partial charge in [-0.25, -0.2) is 0 Å². The third-order valence-electron chi connectivity index (χ3n) is 2.48. The monoisotopic (exact) mass is 232 g/mol. The van der Waals surface area contributed by atoms with Crippen LogP contribution in [0.3, 0.4) is 0 Å². The first-order chi connectivity index (χ1) is 8.06. The lowest BCUT2D eigenvalue weighted by molar-refractivity contribution is -0.146. The first kappa shape index (κ1) is 11.6. The van der Waals surface area contributed by atoms with E-state index in [2.05, 4.69) is 10.2 Å². The van der Waals surface area contributed by atoms with Gasteiger partial charge in [0.05, 0.1) is 23.7 Å². The summed E-state index contributed by atoms with van der Waals surface area (Å²) >= 11 is 0. The normalized spacial score (nSPS) is 11.1. The fourth-order valence-electron chi connectivity index (χ4n) is 1.76. The summed E-state index contributed by atoms with van der Waals surface area (Å²) < 4.78 is 5.11. The second-order valence-corrected chi connectivity index (χ2v) is 4.44. The van der Waals surface area contributed by atoms with E-state index in [1.54, 1.807) is 0 Å². The fraction of sp³-hybridized carbons (Fsp3) is 0.385. The molecule has 0 aliphatic carbocycles. The van der Waals surface area contributed by atoms with Gasteiger partial charge >= 0.3 is 5.97 Å². The number of ether oxygens (including phenoxy) is 1. The van der Waals surface area contributed by atoms with E-state index in [1.165, 1.54) is 0 Å². The van der Waals surface area contributed by atoms with Gasteiger partial charge in [0.1, 0.15) is 0 Å². The summed E-state index contributed by atoms with van der Waals surface area (Å²) in [6, 6.07) is 5.98. The fourth-order valence-corrected chi connectivity index (χ4v) is 1.76. The summed E-state index contributed by atoms with van der Waals surface area (Å²) in [7, 11) is 0. The van der Waals surface area contributed by atoms with Gasteiger partial charge < -0.3 is 4.74 Å². The molecule has 2 aromatic rings. The predicted octanol–water partition coefficient (Wildman–Crippen LogP) is 2.37. The Morgan fingerprint density at radius 1 is 1.47 bits per heavy atom. The average molecular weight is 232 g/mol. The van der Waals surface area contributed by atoms with Crippen LogP contribution in [0.5, 0.6) is 0 Å². The lowest BCUT2D eigenvalue weighted by atomic mass is 10.1. The zero-order chi connectivity index (χ0) is 12.4. The van der Waals surface area contributed by atoms with Crippen LogP contribution < -0.4 is 0 Å². The van der Waals surface area contributed by atoms with E-state index in [9.17, 15) is 4.79 Å². The maximum absolute atomic E-state index is 11.6. The van der Waals surface area contributed by atoms with Crippen LogP contribution in [0, 0.1) is 6.92 Å². The van der Waals surface area contributed by atoms with E-state index < -0.39 is 0 Å². The number of rotatable bonds is 3. The van der Waals surface area contributed by atoms with Crippen LogP contribution >= 0.6 is 0 Å². The molecule has 17 heavy (non-hydrogen) atoms. The van der Waals surface area contributed by atoms with Crippen molar-refractivity contribution in [3.05, 3.63) is 29.5 Å². The van der Waals surface area contributed by atoms with Gasteiger partial charge in [0.2, 0.25) is 0 Å². The highest BCUT2D eigenvalue weighted by Gasteiger charge is 2.12. The molecular weight excluding hydrogens is 216 g/mol. The number of nitrogens with one attached hydrogen (secondary N) is 1. The van der Waals surface area contributed by atoms with Crippen molar-refractivity contribution in [3.8, 4) is 0 Å². The third kappa shape index (κ3) is 2.64. The number of aryl methyl sites for hydroxylation is 1. The maximum Gasteiger partial charge on any atom is 0.312 e. The molecule has 0 saturated heterocycles. The Labute approximate surface area is 100.0 Å². The van der Waals surface area contributed by atoms with E-state index in [-0.39, 0.29) is 18.5 Å². The van der Waals surface area contributed by atoms with Gasteiger partial charge in [0, 0.05) is 5.39 Å². The molecule has 0 radical (unpaired) electrons. The van der Waals surface area contributed by atoms with E-state index in [0.717, 1.165) is 22.2 Å². The van der Waals surface area contributed by atoms with Crippen molar-refractivity contribution < 1.29 is 9.53 Å². The third-order valence-corrected chi connectivity index (χ3v) is 2.48. The SMILES string of the molecule is Cc1ccc2c(CC(=O)OC(C)C)[nH]nc2c1. The van der Waals surface area contributed by atoms with E-state index in [4.69, 9.17) is 4.74 Å². The molecule has 0 saturated carbocycles. The second-order valence-electron chi connectivity index (χ2n) is 4.44. The lowest BCUT2D eigenvalue weighted by Crippen LogP contribution is -2.13. The van der Waals surface area contributed by atoms with Gasteiger partial charge in [-0.05, 0) is 32.4 Å². The first-order valence-electron chi connectivity index (χ1n) is 5.69. The number of H-pyrrole nitrogens is 1. The summed E-state index contributed by atoms with van der Waals surface area (Å²) in [4.78, 5) is 11.6. The Morgan fingerprint density at radius 3 is 2.94 bits per heavy atom. The molecule has 0 atom stereocenters. The average Bonchev–Trinajstić information content (AvgIpc) is 2.59. The van der Waals surface area contributed by atoms with Crippen LogP contribution in [0.2, 0.25) is 0 Å². The highest BCUT2D eigenvalue weighted by atomic mass is 16.5. The Kier molecular flexibility index (Phi) is 3.13. The van der Waals surface area contributed by atoms with Gasteiger partial charge in [-0.1, -0.05) is 12.1 Å². The number of fused-ring (bicyclic) bond motifs is 1. The molecule has 1 N–H and O–H groups in total. The Morgan fingerprint density at radius 2 is 2.24 bits per heavy atom. The van der Waals surface area contributed by atoms with Crippen LogP contribution in [-0.4, -0.2) is 22.3 Å². The molecule has 2 rings (SSSR count). The zero-order valence-corrected chi connectivity index (χ0v) is 10.3. The number of hydrogen-bond acceptors (Lipinski definition) is 3. The summed E-state index contributed by atoms with van der Waals surface area (Å²) in [6.45, 7) is 5.69. The quantitative estimate of drug-likeness (QED) is 0.826. The minimum absolute atomic E-state index is 0.0843. The molecule has 4 heteroatoms. The lowest BCUT2D eigenvalue weighted by Gasteiger charge is -2.06. The smallest absolute Gasteiger partial charge is 0.312 e. The van der Waals surface area contributed by atoms with Gasteiger partial charge in [-0.15, -0.1) is 0 Å². The van der Waals surface area contributed by atoms with Gasteiger partial charge in [-0.2, -0.15) is 5.10 Å². The predicted molar refractivity (Wildman–Crippen MR) is 65.8 cm³/mol. The number of carbonyl (C=O) groups is 1. The molecule has 0 aliphatic rings. The van der Waals surface area contributed by atoms with E-state index >= 15 is 0 Å². The number of nitrogens with zero attached hydrogens (tertiary/aromatic N) is 1. The van der Waals surface area contributed by atoms with E-state index in [1.807, 2.05) is 39.0 Å². The molecule has 0 unspecified atom stereocenters. The molecule has 0 spiro atoms. The number of carbonyl (C=O) groups excluding carboxylic acids is 1. The van der Waals surface area contributed by atoms with Crippen LogP contribution in [0.25, 0.3) is 10.9 Å². The van der Waals surface area contributed by atoms with Gasteiger partial charge in [0.15, 0.2) is 0 Å². The minimum atomic E-state index is -0.230.